The molecule has 1 aromatic rings. The molecule has 0 aliphatic carbocycles. The van der Waals surface area contributed by atoms with Crippen LogP contribution in [0.5, 0.6) is 5.75 Å². The van der Waals surface area contributed by atoms with Crippen LogP contribution in [-0.2, 0) is 0 Å². The van der Waals surface area contributed by atoms with Crippen LogP contribution in [0.2, 0.25) is 5.02 Å². The number of aliphatic hydroxyl groups excluding tert-OH is 1. The lowest BCUT2D eigenvalue weighted by molar-refractivity contribution is 0.0981. The van der Waals surface area contributed by atoms with Crippen LogP contribution in [-0.4, -0.2) is 18.2 Å². The van der Waals surface area contributed by atoms with Crippen molar-refractivity contribution in [1.82, 2.24) is 0 Å². The lowest BCUT2D eigenvalue weighted by atomic mass is 10.2. The summed E-state index contributed by atoms with van der Waals surface area (Å²) in [6.45, 7) is -0.432. The topological polar surface area (TPSA) is 46.5 Å². The minimum Gasteiger partial charge on any atom is -0.468 e. The van der Waals surface area contributed by atoms with Crippen LogP contribution < -0.4 is 4.74 Å². The quantitative estimate of drug-likeness (QED) is 0.575. The minimum absolute atomic E-state index is 0.382. The molecule has 0 saturated carbocycles. The van der Waals surface area contributed by atoms with Crippen molar-refractivity contribution < 1.29 is 14.6 Å². The SMILES string of the molecule is O=Cc1cc(Cl)cc(OCO)c1. The Morgan fingerprint density at radius 2 is 2.25 bits per heavy atom. The van der Waals surface area contributed by atoms with Crippen molar-refractivity contribution in [1.29, 1.82) is 0 Å². The van der Waals surface area contributed by atoms with Crippen LogP contribution in [0.1, 0.15) is 10.4 Å². The normalized spacial score (nSPS) is 9.50. The summed E-state index contributed by atoms with van der Waals surface area (Å²) < 4.78 is 4.74. The largest absolute Gasteiger partial charge is 0.468 e. The number of benzene rings is 1. The van der Waals surface area contributed by atoms with Gasteiger partial charge >= 0.3 is 0 Å². The lowest BCUT2D eigenvalue weighted by Gasteiger charge is -2.02. The van der Waals surface area contributed by atoms with Gasteiger partial charge in [0.05, 0.1) is 0 Å². The first-order chi connectivity index (χ1) is 5.76. The van der Waals surface area contributed by atoms with E-state index in [1.165, 1.54) is 18.2 Å². The van der Waals surface area contributed by atoms with Gasteiger partial charge in [0.25, 0.3) is 0 Å². The molecule has 1 N–H and O–H groups in total. The Bertz CT molecular complexity index is 286. The van der Waals surface area contributed by atoms with E-state index in [1.54, 1.807) is 0 Å². The van der Waals surface area contributed by atoms with E-state index in [0.29, 0.717) is 22.6 Å². The molecule has 0 amide bonds. The van der Waals surface area contributed by atoms with E-state index in [1.807, 2.05) is 0 Å². The van der Waals surface area contributed by atoms with Crippen LogP contribution in [0.25, 0.3) is 0 Å². The van der Waals surface area contributed by atoms with Crippen molar-refractivity contribution >= 4 is 17.9 Å². The van der Waals surface area contributed by atoms with Gasteiger partial charge in [-0.2, -0.15) is 0 Å². The number of aliphatic hydroxyl groups is 1. The zero-order valence-electron chi connectivity index (χ0n) is 6.16. The summed E-state index contributed by atoms with van der Waals surface area (Å²) in [5.74, 6) is 0.382. The van der Waals surface area contributed by atoms with Crippen LogP contribution in [0.15, 0.2) is 18.2 Å². The fourth-order valence-electron chi connectivity index (χ4n) is 0.810. The van der Waals surface area contributed by atoms with Gasteiger partial charge in [0.1, 0.15) is 12.0 Å². The molecule has 3 nitrogen and oxygen atoms in total. The smallest absolute Gasteiger partial charge is 0.186 e. The number of carbonyl (C=O) groups excluding carboxylic acids is 1. The van der Waals surface area contributed by atoms with Crippen LogP contribution in [0, 0.1) is 0 Å². The number of hydrogen-bond acceptors (Lipinski definition) is 3. The van der Waals surface area contributed by atoms with Crippen molar-refractivity contribution in [2.45, 2.75) is 0 Å². The molecule has 0 radical (unpaired) electrons. The zero-order valence-corrected chi connectivity index (χ0v) is 6.91. The molecule has 0 saturated heterocycles. The lowest BCUT2D eigenvalue weighted by Crippen LogP contribution is -1.95. The maximum absolute atomic E-state index is 10.3. The highest BCUT2D eigenvalue weighted by atomic mass is 35.5. The van der Waals surface area contributed by atoms with Crippen molar-refractivity contribution in [3.05, 3.63) is 28.8 Å². The zero-order chi connectivity index (χ0) is 8.97. The first-order valence-electron chi connectivity index (χ1n) is 3.25. The average Bonchev–Trinajstić information content (AvgIpc) is 2.04. The third-order valence-corrected chi connectivity index (χ3v) is 1.48. The first kappa shape index (κ1) is 9.03. The maximum Gasteiger partial charge on any atom is 0.186 e. The molecule has 0 fully saturated rings. The molecule has 0 aliphatic heterocycles. The van der Waals surface area contributed by atoms with E-state index in [-0.39, 0.29) is 0 Å². The highest BCUT2D eigenvalue weighted by molar-refractivity contribution is 6.31. The van der Waals surface area contributed by atoms with Gasteiger partial charge in [0.2, 0.25) is 0 Å². The monoisotopic (exact) mass is 186 g/mol. The predicted octanol–water partition coefficient (Wildman–Crippen LogP) is 1.48. The summed E-state index contributed by atoms with van der Waals surface area (Å²) in [4.78, 5) is 10.3. The fourth-order valence-corrected chi connectivity index (χ4v) is 1.04. The van der Waals surface area contributed by atoms with E-state index in [4.69, 9.17) is 21.4 Å². The Kier molecular flexibility index (Phi) is 3.08. The van der Waals surface area contributed by atoms with Crippen LogP contribution in [0.3, 0.4) is 0 Å². The van der Waals surface area contributed by atoms with E-state index >= 15 is 0 Å². The summed E-state index contributed by atoms with van der Waals surface area (Å²) in [5.41, 5.74) is 0.422. The molecule has 12 heavy (non-hydrogen) atoms. The van der Waals surface area contributed by atoms with E-state index in [9.17, 15) is 4.79 Å². The molecule has 0 aliphatic rings. The molecule has 1 rings (SSSR count). The van der Waals surface area contributed by atoms with Crippen LogP contribution >= 0.6 is 11.6 Å². The molecule has 0 unspecified atom stereocenters. The summed E-state index contributed by atoms with van der Waals surface area (Å²) >= 11 is 5.64. The molecule has 0 aromatic heterocycles. The molecule has 64 valence electrons. The molecule has 0 bridgehead atoms. The highest BCUT2D eigenvalue weighted by Gasteiger charge is 1.98. The summed E-state index contributed by atoms with van der Waals surface area (Å²) in [7, 11) is 0. The Labute approximate surface area is 74.5 Å². The third kappa shape index (κ3) is 2.22. The van der Waals surface area contributed by atoms with E-state index < -0.39 is 6.79 Å². The number of carbonyl (C=O) groups is 1. The maximum atomic E-state index is 10.3. The van der Waals surface area contributed by atoms with Crippen molar-refractivity contribution in [3.8, 4) is 5.75 Å². The first-order valence-corrected chi connectivity index (χ1v) is 3.63. The van der Waals surface area contributed by atoms with Gasteiger partial charge < -0.3 is 9.84 Å². The molecular formula is C8H7ClO3. The molecule has 4 heteroatoms. The van der Waals surface area contributed by atoms with Gasteiger partial charge in [-0.1, -0.05) is 11.6 Å². The standard InChI is InChI=1S/C8H7ClO3/c9-7-1-6(4-10)2-8(3-7)12-5-11/h1-4,11H,5H2. The molecular weight excluding hydrogens is 180 g/mol. The van der Waals surface area contributed by atoms with E-state index in [2.05, 4.69) is 0 Å². The number of aldehydes is 1. The second-order valence-electron chi connectivity index (χ2n) is 2.11. The Hall–Kier alpha value is -1.06. The molecule has 0 atom stereocenters. The number of ether oxygens (including phenoxy) is 1. The predicted molar refractivity (Wildman–Crippen MR) is 44.6 cm³/mol. The number of hydrogen-bond donors (Lipinski definition) is 1. The van der Waals surface area contributed by atoms with E-state index in [0.717, 1.165) is 0 Å². The summed E-state index contributed by atoms with van der Waals surface area (Å²) in [6, 6.07) is 4.53. The van der Waals surface area contributed by atoms with Crippen LogP contribution in [0.4, 0.5) is 0 Å². The minimum atomic E-state index is -0.432. The Morgan fingerprint density at radius 3 is 2.83 bits per heavy atom. The van der Waals surface area contributed by atoms with Gasteiger partial charge in [0, 0.05) is 10.6 Å². The summed E-state index contributed by atoms with van der Waals surface area (Å²) in [5, 5.41) is 8.83. The number of rotatable bonds is 3. The second kappa shape index (κ2) is 4.09. The average molecular weight is 187 g/mol. The fraction of sp³-hybridized carbons (Fsp3) is 0.125. The number of halogens is 1. The van der Waals surface area contributed by atoms with Crippen molar-refractivity contribution in [3.63, 3.8) is 0 Å². The van der Waals surface area contributed by atoms with Gasteiger partial charge in [-0.3, -0.25) is 4.79 Å². The van der Waals surface area contributed by atoms with Crippen molar-refractivity contribution in [2.24, 2.45) is 0 Å². The highest BCUT2D eigenvalue weighted by Crippen LogP contribution is 2.19. The van der Waals surface area contributed by atoms with Gasteiger partial charge in [-0.25, -0.2) is 0 Å². The molecule has 0 spiro atoms. The van der Waals surface area contributed by atoms with Gasteiger partial charge in [-0.05, 0) is 18.2 Å². The Balaban J connectivity index is 2.97. The van der Waals surface area contributed by atoms with Crippen molar-refractivity contribution in [2.75, 3.05) is 6.79 Å². The third-order valence-electron chi connectivity index (χ3n) is 1.26. The van der Waals surface area contributed by atoms with Gasteiger partial charge in [0.15, 0.2) is 6.79 Å². The summed E-state index contributed by atoms with van der Waals surface area (Å²) in [6.07, 6.45) is 0.663. The Morgan fingerprint density at radius 1 is 1.50 bits per heavy atom. The molecule has 1 aromatic carbocycles. The van der Waals surface area contributed by atoms with Gasteiger partial charge in [-0.15, -0.1) is 0 Å². The molecule has 0 heterocycles. The second-order valence-corrected chi connectivity index (χ2v) is 2.55.